The van der Waals surface area contributed by atoms with Gasteiger partial charge in [-0.2, -0.15) is 0 Å². The van der Waals surface area contributed by atoms with Crippen molar-refractivity contribution in [2.45, 2.75) is 6.04 Å². The second kappa shape index (κ2) is 3.51. The average Bonchev–Trinajstić information content (AvgIpc) is 2.03. The molecular weight excluding hydrogens is 162 g/mol. The quantitative estimate of drug-likeness (QED) is 0.727. The van der Waals surface area contributed by atoms with Gasteiger partial charge in [0.25, 0.3) is 0 Å². The molecule has 0 aliphatic carbocycles. The maximum absolute atomic E-state index is 10.1. The molecule has 3 heteroatoms. The first-order valence-corrected chi connectivity index (χ1v) is 3.50. The largest absolute Gasteiger partial charge is 0.317 e. The summed E-state index contributed by atoms with van der Waals surface area (Å²) < 4.78 is 0. The predicted molar refractivity (Wildman–Crippen MR) is 44.1 cm³/mol. The summed E-state index contributed by atoms with van der Waals surface area (Å²) in [4.78, 5) is 10.1. The Labute approximate surface area is 70.0 Å². The van der Waals surface area contributed by atoms with Crippen LogP contribution in [0, 0.1) is 0 Å². The van der Waals surface area contributed by atoms with E-state index < -0.39 is 6.04 Å². The van der Waals surface area contributed by atoms with Crippen LogP contribution >= 0.6 is 11.6 Å². The molecule has 2 nitrogen and oxygen atoms in total. The molecule has 0 aliphatic rings. The van der Waals surface area contributed by atoms with Gasteiger partial charge in [-0.1, -0.05) is 23.7 Å². The van der Waals surface area contributed by atoms with E-state index in [-0.39, 0.29) is 0 Å². The third kappa shape index (κ3) is 2.03. The maximum Gasteiger partial charge on any atom is 0.221 e. The van der Waals surface area contributed by atoms with Crippen LogP contribution in [0.15, 0.2) is 24.3 Å². The van der Waals surface area contributed by atoms with Crippen LogP contribution in [-0.4, -0.2) is 6.29 Å². The molecule has 0 saturated heterocycles. The first-order chi connectivity index (χ1) is 5.24. The number of carbonyl (C=O) groups excluding carboxylic acids is 1. The number of nitrogens with two attached hydrogens (primary N) is 1. The molecule has 0 bridgehead atoms. The fourth-order valence-corrected chi connectivity index (χ4v) is 0.967. The molecule has 11 heavy (non-hydrogen) atoms. The zero-order chi connectivity index (χ0) is 8.27. The van der Waals surface area contributed by atoms with Crippen molar-refractivity contribution in [2.75, 3.05) is 0 Å². The molecule has 0 amide bonds. The van der Waals surface area contributed by atoms with Gasteiger partial charge in [0, 0.05) is 5.02 Å². The molecule has 0 aliphatic heterocycles. The van der Waals surface area contributed by atoms with E-state index in [1.54, 1.807) is 30.6 Å². The van der Waals surface area contributed by atoms with Gasteiger partial charge in [-0.25, -0.2) is 0 Å². The van der Waals surface area contributed by atoms with E-state index in [0.29, 0.717) is 10.6 Å². The number of benzene rings is 1. The predicted octanol–water partition coefficient (Wildman–Crippen LogP) is 1.45. The number of hydrogen-bond donors (Lipinski definition) is 1. The number of halogens is 1. The monoisotopic (exact) mass is 168 g/mol. The molecular formula is C8H7ClNO. The lowest BCUT2D eigenvalue weighted by atomic mass is 10.1. The van der Waals surface area contributed by atoms with Crippen molar-refractivity contribution in [3.63, 3.8) is 0 Å². The van der Waals surface area contributed by atoms with Gasteiger partial charge in [0.15, 0.2) is 0 Å². The summed E-state index contributed by atoms with van der Waals surface area (Å²) in [6, 6.07) is 6.17. The van der Waals surface area contributed by atoms with Gasteiger partial charge < -0.3 is 5.73 Å². The first-order valence-electron chi connectivity index (χ1n) is 3.13. The molecule has 1 aromatic rings. The van der Waals surface area contributed by atoms with E-state index in [1.807, 2.05) is 0 Å². The number of rotatable bonds is 2. The molecule has 0 aromatic heterocycles. The van der Waals surface area contributed by atoms with Crippen LogP contribution in [0.1, 0.15) is 11.6 Å². The molecule has 0 fully saturated rings. The zero-order valence-corrected chi connectivity index (χ0v) is 6.51. The summed E-state index contributed by atoms with van der Waals surface area (Å²) in [7, 11) is 0. The Morgan fingerprint density at radius 1 is 1.55 bits per heavy atom. The summed E-state index contributed by atoms with van der Waals surface area (Å²) in [5.74, 6) is 0. The van der Waals surface area contributed by atoms with Gasteiger partial charge in [-0.15, -0.1) is 0 Å². The van der Waals surface area contributed by atoms with Crippen LogP contribution in [0.5, 0.6) is 0 Å². The second-order valence-corrected chi connectivity index (χ2v) is 2.59. The Balaban J connectivity index is 2.95. The van der Waals surface area contributed by atoms with Gasteiger partial charge in [-0.3, -0.25) is 4.79 Å². The van der Waals surface area contributed by atoms with Crippen LogP contribution in [0.4, 0.5) is 0 Å². The molecule has 1 radical (unpaired) electrons. The molecule has 0 spiro atoms. The highest BCUT2D eigenvalue weighted by atomic mass is 35.5. The normalized spacial score (nSPS) is 12.5. The summed E-state index contributed by atoms with van der Waals surface area (Å²) in [6.45, 7) is 0. The van der Waals surface area contributed by atoms with Crippen LogP contribution in [0.3, 0.4) is 0 Å². The third-order valence-electron chi connectivity index (χ3n) is 1.33. The standard InChI is InChI=1S/C8H7ClNO/c9-7-3-1-2-6(4-7)8(10)5-11/h1-4,8H,10H2. The van der Waals surface area contributed by atoms with E-state index in [0.717, 1.165) is 0 Å². The van der Waals surface area contributed by atoms with Gasteiger partial charge in [0.05, 0.1) is 6.04 Å². The van der Waals surface area contributed by atoms with Crippen LogP contribution in [0.25, 0.3) is 0 Å². The summed E-state index contributed by atoms with van der Waals surface area (Å²) >= 11 is 5.66. The lowest BCUT2D eigenvalue weighted by Crippen LogP contribution is -2.10. The minimum absolute atomic E-state index is 0.577. The molecule has 0 heterocycles. The fourth-order valence-electron chi connectivity index (χ4n) is 0.768. The minimum atomic E-state index is -0.686. The van der Waals surface area contributed by atoms with Crippen LogP contribution in [0.2, 0.25) is 5.02 Å². The highest BCUT2D eigenvalue weighted by Gasteiger charge is 2.03. The number of hydrogen-bond acceptors (Lipinski definition) is 2. The van der Waals surface area contributed by atoms with E-state index in [4.69, 9.17) is 17.3 Å². The minimum Gasteiger partial charge on any atom is -0.317 e. The lowest BCUT2D eigenvalue weighted by molar-refractivity contribution is 0.544. The van der Waals surface area contributed by atoms with Crippen molar-refractivity contribution in [3.05, 3.63) is 34.9 Å². The molecule has 1 unspecified atom stereocenters. The summed E-state index contributed by atoms with van der Waals surface area (Å²) in [5.41, 5.74) is 6.07. The van der Waals surface area contributed by atoms with Crippen molar-refractivity contribution < 1.29 is 4.79 Å². The Hall–Kier alpha value is -0.860. The van der Waals surface area contributed by atoms with Gasteiger partial charge >= 0.3 is 0 Å². The fraction of sp³-hybridized carbons (Fsp3) is 0.125. The molecule has 1 atom stereocenters. The van der Waals surface area contributed by atoms with Gasteiger partial charge in [0.1, 0.15) is 0 Å². The highest BCUT2D eigenvalue weighted by Crippen LogP contribution is 2.14. The molecule has 2 N–H and O–H groups in total. The average molecular weight is 169 g/mol. The summed E-state index contributed by atoms with van der Waals surface area (Å²) in [5, 5.41) is 0.577. The van der Waals surface area contributed by atoms with E-state index in [1.165, 1.54) is 0 Å². The van der Waals surface area contributed by atoms with Crippen molar-refractivity contribution in [1.82, 2.24) is 0 Å². The second-order valence-electron chi connectivity index (χ2n) is 2.15. The van der Waals surface area contributed by atoms with E-state index >= 15 is 0 Å². The summed E-state index contributed by atoms with van der Waals surface area (Å²) in [6.07, 6.45) is 1.68. The Kier molecular flexibility index (Phi) is 2.63. The lowest BCUT2D eigenvalue weighted by Gasteiger charge is -2.01. The Morgan fingerprint density at radius 2 is 2.27 bits per heavy atom. The van der Waals surface area contributed by atoms with E-state index in [2.05, 4.69) is 0 Å². The van der Waals surface area contributed by atoms with Crippen LogP contribution < -0.4 is 5.73 Å². The smallest absolute Gasteiger partial charge is 0.221 e. The van der Waals surface area contributed by atoms with Crippen molar-refractivity contribution in [2.24, 2.45) is 5.73 Å². The zero-order valence-electron chi connectivity index (χ0n) is 5.75. The van der Waals surface area contributed by atoms with Gasteiger partial charge in [-0.05, 0) is 17.7 Å². The first kappa shape index (κ1) is 8.24. The van der Waals surface area contributed by atoms with Crippen molar-refractivity contribution in [1.29, 1.82) is 0 Å². The third-order valence-corrected chi connectivity index (χ3v) is 1.57. The molecule has 0 saturated carbocycles. The highest BCUT2D eigenvalue weighted by molar-refractivity contribution is 6.30. The molecule has 1 rings (SSSR count). The molecule has 57 valence electrons. The maximum atomic E-state index is 10.1. The van der Waals surface area contributed by atoms with Crippen molar-refractivity contribution in [3.8, 4) is 0 Å². The Morgan fingerprint density at radius 3 is 2.82 bits per heavy atom. The van der Waals surface area contributed by atoms with Gasteiger partial charge in [0.2, 0.25) is 6.29 Å². The molecule has 1 aromatic carbocycles. The van der Waals surface area contributed by atoms with Crippen LogP contribution in [-0.2, 0) is 4.79 Å². The topological polar surface area (TPSA) is 43.1 Å². The SMILES string of the molecule is NC([C]=O)c1cccc(Cl)c1. The Bertz CT molecular complexity index is 262. The van der Waals surface area contributed by atoms with Crippen molar-refractivity contribution >= 4 is 17.9 Å². The van der Waals surface area contributed by atoms with E-state index in [9.17, 15) is 4.79 Å².